The van der Waals surface area contributed by atoms with Crippen molar-refractivity contribution in [3.8, 4) is 11.5 Å². The van der Waals surface area contributed by atoms with Gasteiger partial charge in [-0.3, -0.25) is 9.10 Å². The maximum atomic E-state index is 12.3. The van der Waals surface area contributed by atoms with Gasteiger partial charge in [0.1, 0.15) is 11.5 Å². The molecule has 1 N–H and O–H groups in total. The summed E-state index contributed by atoms with van der Waals surface area (Å²) in [7, 11) is -0.382. The Morgan fingerprint density at radius 3 is 2.32 bits per heavy atom. The van der Waals surface area contributed by atoms with Crippen LogP contribution < -0.4 is 19.1 Å². The number of benzene rings is 2. The van der Waals surface area contributed by atoms with Crippen LogP contribution >= 0.6 is 0 Å². The van der Waals surface area contributed by atoms with Crippen LogP contribution in [0.3, 0.4) is 0 Å². The van der Waals surface area contributed by atoms with E-state index in [2.05, 4.69) is 5.32 Å². The standard InChI is InChI=1S/C20H26N2O5S/c1-15-7-12-19(27-3)18(14-15)21-20(23)6-5-13-22(28(4,24)25)16-8-10-17(26-2)11-9-16/h7-12,14H,5-6,13H2,1-4H3,(H,21,23). The Hall–Kier alpha value is -2.74. The summed E-state index contributed by atoms with van der Waals surface area (Å²) in [6, 6.07) is 12.3. The highest BCUT2D eigenvalue weighted by molar-refractivity contribution is 7.92. The molecule has 0 atom stereocenters. The molecule has 0 saturated carbocycles. The van der Waals surface area contributed by atoms with Gasteiger partial charge in [0, 0.05) is 13.0 Å². The summed E-state index contributed by atoms with van der Waals surface area (Å²) in [4.78, 5) is 12.3. The second-order valence-electron chi connectivity index (χ2n) is 6.39. The van der Waals surface area contributed by atoms with E-state index < -0.39 is 10.0 Å². The van der Waals surface area contributed by atoms with Crippen LogP contribution in [0.15, 0.2) is 42.5 Å². The molecule has 0 aliphatic heterocycles. The van der Waals surface area contributed by atoms with Crippen LogP contribution in [0, 0.1) is 6.92 Å². The van der Waals surface area contributed by atoms with Gasteiger partial charge in [-0.2, -0.15) is 0 Å². The number of aryl methyl sites for hydroxylation is 1. The van der Waals surface area contributed by atoms with Gasteiger partial charge in [-0.25, -0.2) is 8.42 Å². The number of carbonyl (C=O) groups excluding carboxylic acids is 1. The summed E-state index contributed by atoms with van der Waals surface area (Å²) in [5, 5.41) is 2.82. The zero-order valence-electron chi connectivity index (χ0n) is 16.6. The van der Waals surface area contributed by atoms with E-state index in [1.807, 2.05) is 19.1 Å². The third-order valence-corrected chi connectivity index (χ3v) is 5.35. The molecule has 0 aliphatic carbocycles. The highest BCUT2D eigenvalue weighted by atomic mass is 32.2. The Morgan fingerprint density at radius 1 is 1.07 bits per heavy atom. The number of hydrogen-bond acceptors (Lipinski definition) is 5. The van der Waals surface area contributed by atoms with Gasteiger partial charge < -0.3 is 14.8 Å². The molecular formula is C20H26N2O5S. The summed E-state index contributed by atoms with van der Waals surface area (Å²) >= 11 is 0. The second kappa shape index (κ2) is 9.45. The minimum absolute atomic E-state index is 0.180. The molecule has 0 aromatic heterocycles. The van der Waals surface area contributed by atoms with Crippen LogP contribution in [-0.2, 0) is 14.8 Å². The van der Waals surface area contributed by atoms with Crippen molar-refractivity contribution in [3.63, 3.8) is 0 Å². The molecule has 2 aromatic carbocycles. The van der Waals surface area contributed by atoms with Crippen LogP contribution in [0.2, 0.25) is 0 Å². The molecule has 0 unspecified atom stereocenters. The summed E-state index contributed by atoms with van der Waals surface area (Å²) in [6.45, 7) is 2.12. The normalized spacial score (nSPS) is 11.0. The van der Waals surface area contributed by atoms with Crippen LogP contribution in [0.1, 0.15) is 18.4 Å². The minimum atomic E-state index is -3.47. The Bertz CT molecular complexity index is 911. The number of ether oxygens (including phenoxy) is 2. The SMILES string of the molecule is COc1ccc(N(CCCC(=O)Nc2cc(C)ccc2OC)S(C)(=O)=O)cc1. The molecule has 1 amide bonds. The molecular weight excluding hydrogens is 380 g/mol. The topological polar surface area (TPSA) is 84.9 Å². The minimum Gasteiger partial charge on any atom is -0.497 e. The fraction of sp³-hybridized carbons (Fsp3) is 0.350. The molecule has 0 bridgehead atoms. The van der Waals surface area contributed by atoms with Crippen LogP contribution in [0.25, 0.3) is 0 Å². The molecule has 0 fully saturated rings. The number of hydrogen-bond donors (Lipinski definition) is 1. The summed E-state index contributed by atoms with van der Waals surface area (Å²) in [5.41, 5.74) is 2.13. The number of nitrogens with one attached hydrogen (secondary N) is 1. The van der Waals surface area contributed by atoms with E-state index >= 15 is 0 Å². The lowest BCUT2D eigenvalue weighted by Crippen LogP contribution is -2.31. The Labute approximate surface area is 166 Å². The first-order valence-corrected chi connectivity index (χ1v) is 10.7. The second-order valence-corrected chi connectivity index (χ2v) is 8.30. The van der Waals surface area contributed by atoms with Gasteiger partial charge in [-0.05, 0) is 55.3 Å². The van der Waals surface area contributed by atoms with Crippen molar-refractivity contribution in [2.75, 3.05) is 36.6 Å². The monoisotopic (exact) mass is 406 g/mol. The van der Waals surface area contributed by atoms with Gasteiger partial charge in [0.15, 0.2) is 0 Å². The number of anilines is 2. The van der Waals surface area contributed by atoms with Crippen molar-refractivity contribution in [1.29, 1.82) is 0 Å². The molecule has 28 heavy (non-hydrogen) atoms. The van der Waals surface area contributed by atoms with E-state index in [0.29, 0.717) is 29.3 Å². The first kappa shape index (κ1) is 21.6. The summed E-state index contributed by atoms with van der Waals surface area (Å²) in [6.07, 6.45) is 1.70. The van der Waals surface area contributed by atoms with Crippen molar-refractivity contribution in [2.24, 2.45) is 0 Å². The Kier molecular flexibility index (Phi) is 7.28. The average Bonchev–Trinajstić information content (AvgIpc) is 2.64. The maximum absolute atomic E-state index is 12.3. The molecule has 0 aliphatic rings. The predicted octanol–water partition coefficient (Wildman–Crippen LogP) is 3.20. The quantitative estimate of drug-likeness (QED) is 0.691. The third-order valence-electron chi connectivity index (χ3n) is 4.15. The Morgan fingerprint density at radius 2 is 1.75 bits per heavy atom. The lowest BCUT2D eigenvalue weighted by Gasteiger charge is -2.22. The van der Waals surface area contributed by atoms with Gasteiger partial charge in [0.2, 0.25) is 15.9 Å². The predicted molar refractivity (Wildman–Crippen MR) is 111 cm³/mol. The maximum Gasteiger partial charge on any atom is 0.232 e. The van der Waals surface area contributed by atoms with E-state index in [9.17, 15) is 13.2 Å². The van der Waals surface area contributed by atoms with Crippen LogP contribution in [0.5, 0.6) is 11.5 Å². The average molecular weight is 407 g/mol. The zero-order valence-corrected chi connectivity index (χ0v) is 17.4. The zero-order chi connectivity index (χ0) is 20.7. The van der Waals surface area contributed by atoms with Gasteiger partial charge in [0.25, 0.3) is 0 Å². The van der Waals surface area contributed by atoms with Crippen molar-refractivity contribution in [1.82, 2.24) is 0 Å². The van der Waals surface area contributed by atoms with Gasteiger partial charge in [-0.1, -0.05) is 6.07 Å². The highest BCUT2D eigenvalue weighted by Gasteiger charge is 2.18. The van der Waals surface area contributed by atoms with Gasteiger partial charge in [0.05, 0.1) is 31.9 Å². The van der Waals surface area contributed by atoms with Gasteiger partial charge >= 0.3 is 0 Å². The van der Waals surface area contributed by atoms with Gasteiger partial charge in [-0.15, -0.1) is 0 Å². The first-order chi connectivity index (χ1) is 13.2. The molecule has 7 nitrogen and oxygen atoms in total. The fourth-order valence-electron chi connectivity index (χ4n) is 2.75. The van der Waals surface area contributed by atoms with E-state index in [1.165, 1.54) is 4.31 Å². The molecule has 2 rings (SSSR count). The van der Waals surface area contributed by atoms with E-state index in [4.69, 9.17) is 9.47 Å². The molecule has 152 valence electrons. The number of methoxy groups -OCH3 is 2. The van der Waals surface area contributed by atoms with E-state index in [1.54, 1.807) is 44.6 Å². The molecule has 0 heterocycles. The van der Waals surface area contributed by atoms with Crippen molar-refractivity contribution in [3.05, 3.63) is 48.0 Å². The van der Waals surface area contributed by atoms with Crippen molar-refractivity contribution < 1.29 is 22.7 Å². The number of sulfonamides is 1. The summed E-state index contributed by atoms with van der Waals surface area (Å²) < 4.78 is 35.9. The van der Waals surface area contributed by atoms with E-state index in [-0.39, 0.29) is 18.9 Å². The number of nitrogens with zero attached hydrogens (tertiary/aromatic N) is 1. The molecule has 0 spiro atoms. The fourth-order valence-corrected chi connectivity index (χ4v) is 3.72. The lowest BCUT2D eigenvalue weighted by atomic mass is 10.2. The molecule has 0 saturated heterocycles. The van der Waals surface area contributed by atoms with Crippen LogP contribution in [0.4, 0.5) is 11.4 Å². The van der Waals surface area contributed by atoms with E-state index in [0.717, 1.165) is 11.8 Å². The Balaban J connectivity index is 2.00. The smallest absolute Gasteiger partial charge is 0.232 e. The van der Waals surface area contributed by atoms with Crippen molar-refractivity contribution in [2.45, 2.75) is 19.8 Å². The number of amides is 1. The largest absolute Gasteiger partial charge is 0.497 e. The number of rotatable bonds is 9. The summed E-state index contributed by atoms with van der Waals surface area (Å²) in [5.74, 6) is 1.02. The molecule has 0 radical (unpaired) electrons. The molecule has 2 aromatic rings. The number of carbonyl (C=O) groups is 1. The van der Waals surface area contributed by atoms with Crippen LogP contribution in [-0.4, -0.2) is 41.3 Å². The molecule has 8 heteroatoms. The first-order valence-electron chi connectivity index (χ1n) is 8.81. The van der Waals surface area contributed by atoms with Crippen molar-refractivity contribution >= 4 is 27.3 Å². The third kappa shape index (κ3) is 5.88. The lowest BCUT2D eigenvalue weighted by molar-refractivity contribution is -0.116. The highest BCUT2D eigenvalue weighted by Crippen LogP contribution is 2.26.